The number of ketones is 1. The van der Waals surface area contributed by atoms with E-state index in [9.17, 15) is 24.6 Å². The zero-order valence-corrected chi connectivity index (χ0v) is 28.7. The van der Waals surface area contributed by atoms with Gasteiger partial charge < -0.3 is 19.7 Å². The van der Waals surface area contributed by atoms with Crippen LogP contribution in [0.25, 0.3) is 0 Å². The van der Waals surface area contributed by atoms with Gasteiger partial charge in [-0.1, -0.05) is 81.9 Å². The van der Waals surface area contributed by atoms with E-state index in [4.69, 9.17) is 9.47 Å². The molecule has 0 aromatic heterocycles. The minimum absolute atomic E-state index is 0.0235. The van der Waals surface area contributed by atoms with E-state index < -0.39 is 22.6 Å². The predicted molar refractivity (Wildman–Crippen MR) is 181 cm³/mol. The van der Waals surface area contributed by atoms with Gasteiger partial charge in [0.25, 0.3) is 0 Å². The Labute approximate surface area is 274 Å². The summed E-state index contributed by atoms with van der Waals surface area (Å²) in [5, 5.41) is 22.5. The molecule has 1 heterocycles. The Balaban J connectivity index is 1.60. The van der Waals surface area contributed by atoms with Gasteiger partial charge in [-0.15, -0.1) is 0 Å². The number of carbonyl (C=O) groups is 3. The lowest BCUT2D eigenvalue weighted by atomic mass is 9.61. The molecule has 46 heavy (non-hydrogen) atoms. The van der Waals surface area contributed by atoms with Crippen molar-refractivity contribution in [2.24, 2.45) is 16.7 Å². The Morgan fingerprint density at radius 2 is 1.57 bits per heavy atom. The molecule has 4 atom stereocenters. The molecule has 0 aromatic carbocycles. The number of allylic oxidation sites excluding steroid dienone is 12. The van der Waals surface area contributed by atoms with Crippen molar-refractivity contribution in [3.63, 3.8) is 0 Å². The number of esters is 2. The lowest BCUT2D eigenvalue weighted by Crippen LogP contribution is -2.51. The van der Waals surface area contributed by atoms with E-state index in [2.05, 4.69) is 19.9 Å². The molecule has 7 heteroatoms. The number of cyclic esters (lactones) is 1. The van der Waals surface area contributed by atoms with Crippen molar-refractivity contribution in [1.82, 2.24) is 0 Å². The molecule has 2 N–H and O–H groups in total. The number of hydrogen-bond donors (Lipinski definition) is 2. The summed E-state index contributed by atoms with van der Waals surface area (Å²) in [5.41, 5.74) is -0.505. The molecule has 0 bridgehead atoms. The van der Waals surface area contributed by atoms with Crippen molar-refractivity contribution in [1.29, 1.82) is 0 Å². The van der Waals surface area contributed by atoms with E-state index in [1.165, 1.54) is 13.0 Å². The lowest BCUT2D eigenvalue weighted by molar-refractivity contribution is -0.163. The average molecular weight is 631 g/mol. The zero-order valence-electron chi connectivity index (χ0n) is 28.7. The molecule has 1 fully saturated rings. The summed E-state index contributed by atoms with van der Waals surface area (Å²) in [6.45, 7) is 16.7. The van der Waals surface area contributed by atoms with Crippen LogP contribution in [0, 0.1) is 16.7 Å². The van der Waals surface area contributed by atoms with Gasteiger partial charge in [0, 0.05) is 31.1 Å². The quantitative estimate of drug-likeness (QED) is 0.204. The van der Waals surface area contributed by atoms with E-state index in [0.717, 1.165) is 11.1 Å². The van der Waals surface area contributed by atoms with Gasteiger partial charge in [0.2, 0.25) is 0 Å². The van der Waals surface area contributed by atoms with Gasteiger partial charge in [-0.05, 0) is 81.1 Å². The summed E-state index contributed by atoms with van der Waals surface area (Å²) >= 11 is 0. The standard InChI is InChI=1S/C39H50O7/c1-26(16-17-34-36(5,6)24-33(45-29(4)40)25-38(34,9)43)14-12-10-11-13-15-27(2)20-32-22-30(35(42)46-32)18-19-39(44)28(3)21-31(41)23-37(39,7)8/h10-22,33-34,43-44H,23-25H2,1-9H3. The summed E-state index contributed by atoms with van der Waals surface area (Å²) in [6, 6.07) is 0. The highest BCUT2D eigenvalue weighted by atomic mass is 16.5. The fourth-order valence-corrected chi connectivity index (χ4v) is 6.79. The second-order valence-corrected chi connectivity index (χ2v) is 14.4. The Morgan fingerprint density at radius 1 is 0.935 bits per heavy atom. The van der Waals surface area contributed by atoms with Crippen LogP contribution in [0.3, 0.4) is 0 Å². The second-order valence-electron chi connectivity index (χ2n) is 14.4. The molecule has 0 radical (unpaired) electrons. The molecular formula is C39H50O7. The smallest absolute Gasteiger partial charge is 0.343 e. The topological polar surface area (TPSA) is 110 Å². The Morgan fingerprint density at radius 3 is 2.15 bits per heavy atom. The number of rotatable bonds is 9. The molecule has 1 aliphatic heterocycles. The molecule has 0 aromatic rings. The van der Waals surface area contributed by atoms with Gasteiger partial charge in [0.05, 0.1) is 11.2 Å². The van der Waals surface area contributed by atoms with Crippen LogP contribution in [0.2, 0.25) is 0 Å². The average Bonchev–Trinajstić information content (AvgIpc) is 3.24. The molecule has 0 amide bonds. The van der Waals surface area contributed by atoms with Crippen LogP contribution >= 0.6 is 0 Å². The molecule has 0 spiro atoms. The SMILES string of the molecule is CC(=O)OC1CC(C)(C)C(C=CC(C)=CC=CC=CC=C(C)C=C2C=C(C=CC3(O)C(C)=CC(=O)CC3(C)C)C(=O)O2)C(C)(O)C1. The highest BCUT2D eigenvalue weighted by molar-refractivity contribution is 5.96. The monoisotopic (exact) mass is 630 g/mol. The maximum absolute atomic E-state index is 12.5. The van der Waals surface area contributed by atoms with Crippen molar-refractivity contribution < 1.29 is 34.1 Å². The van der Waals surface area contributed by atoms with E-state index >= 15 is 0 Å². The number of hydrogen-bond acceptors (Lipinski definition) is 7. The first kappa shape index (κ1) is 36.7. The van der Waals surface area contributed by atoms with Gasteiger partial charge in [0.1, 0.15) is 17.5 Å². The van der Waals surface area contributed by atoms with Crippen LogP contribution in [-0.2, 0) is 23.9 Å². The van der Waals surface area contributed by atoms with Crippen molar-refractivity contribution in [2.45, 2.75) is 98.9 Å². The largest absolute Gasteiger partial charge is 0.462 e. The van der Waals surface area contributed by atoms with E-state index in [1.54, 1.807) is 31.2 Å². The summed E-state index contributed by atoms with van der Waals surface area (Å²) in [4.78, 5) is 35.9. The van der Waals surface area contributed by atoms with Gasteiger partial charge in [0.15, 0.2) is 5.78 Å². The van der Waals surface area contributed by atoms with Crippen molar-refractivity contribution >= 4 is 17.7 Å². The third-order valence-electron chi connectivity index (χ3n) is 9.09. The van der Waals surface area contributed by atoms with Gasteiger partial charge in [-0.3, -0.25) is 9.59 Å². The van der Waals surface area contributed by atoms with Gasteiger partial charge in [-0.2, -0.15) is 0 Å². The van der Waals surface area contributed by atoms with Crippen molar-refractivity contribution in [2.75, 3.05) is 0 Å². The first-order valence-electron chi connectivity index (χ1n) is 15.8. The van der Waals surface area contributed by atoms with Crippen LogP contribution in [0.5, 0.6) is 0 Å². The zero-order chi connectivity index (χ0) is 34.5. The minimum Gasteiger partial charge on any atom is -0.462 e. The normalized spacial score (nSPS) is 31.3. The van der Waals surface area contributed by atoms with E-state index in [1.807, 2.05) is 77.2 Å². The molecule has 0 saturated heterocycles. The first-order valence-corrected chi connectivity index (χ1v) is 15.8. The lowest BCUT2D eigenvalue weighted by Gasteiger charge is -2.49. The Bertz CT molecular complexity index is 1480. The summed E-state index contributed by atoms with van der Waals surface area (Å²) in [5.74, 6) is -0.526. The fraction of sp³-hybridized carbons (Fsp3) is 0.462. The Hall–Kier alpha value is -3.81. The predicted octanol–water partition coefficient (Wildman–Crippen LogP) is 7.27. The van der Waals surface area contributed by atoms with Crippen LogP contribution in [0.1, 0.15) is 81.6 Å². The van der Waals surface area contributed by atoms with Gasteiger partial charge >= 0.3 is 11.9 Å². The van der Waals surface area contributed by atoms with Crippen LogP contribution in [0.4, 0.5) is 0 Å². The second kappa shape index (κ2) is 14.3. The molecular weight excluding hydrogens is 580 g/mol. The number of aliphatic hydroxyl groups is 2. The first-order chi connectivity index (χ1) is 21.3. The molecule has 3 rings (SSSR count). The summed E-state index contributed by atoms with van der Waals surface area (Å²) in [6.07, 6.45) is 24.6. The number of carbonyl (C=O) groups excluding carboxylic acids is 3. The molecule has 2 aliphatic carbocycles. The van der Waals surface area contributed by atoms with Crippen molar-refractivity contribution in [3.05, 3.63) is 107 Å². The molecule has 4 unspecified atom stereocenters. The van der Waals surface area contributed by atoms with Gasteiger partial charge in [-0.25, -0.2) is 4.79 Å². The van der Waals surface area contributed by atoms with Crippen LogP contribution < -0.4 is 0 Å². The third-order valence-corrected chi connectivity index (χ3v) is 9.09. The van der Waals surface area contributed by atoms with Crippen molar-refractivity contribution in [3.8, 4) is 0 Å². The molecule has 1 saturated carbocycles. The Kier molecular flexibility index (Phi) is 11.4. The van der Waals surface area contributed by atoms with E-state index in [-0.39, 0.29) is 35.6 Å². The molecule has 7 nitrogen and oxygen atoms in total. The summed E-state index contributed by atoms with van der Waals surface area (Å²) < 4.78 is 10.8. The maximum Gasteiger partial charge on any atom is 0.343 e. The van der Waals surface area contributed by atoms with Crippen LogP contribution in [0.15, 0.2) is 107 Å². The maximum atomic E-state index is 12.5. The highest BCUT2D eigenvalue weighted by Crippen LogP contribution is 2.48. The fourth-order valence-electron chi connectivity index (χ4n) is 6.79. The highest BCUT2D eigenvalue weighted by Gasteiger charge is 2.49. The third kappa shape index (κ3) is 9.14. The van der Waals surface area contributed by atoms with Crippen LogP contribution in [-0.4, -0.2) is 45.2 Å². The van der Waals surface area contributed by atoms with E-state index in [0.29, 0.717) is 29.7 Å². The molecule has 248 valence electrons. The number of ether oxygens (including phenoxy) is 2. The minimum atomic E-state index is -1.35. The molecule has 3 aliphatic rings. The summed E-state index contributed by atoms with van der Waals surface area (Å²) in [7, 11) is 0.